The van der Waals surface area contributed by atoms with Gasteiger partial charge in [0.25, 0.3) is 0 Å². The Kier molecular flexibility index (Phi) is 5.79. The number of hydrogen-bond donors (Lipinski definition) is 1. The van der Waals surface area contributed by atoms with Gasteiger partial charge in [0.15, 0.2) is 9.84 Å². The zero-order valence-electron chi connectivity index (χ0n) is 14.0. The minimum absolute atomic E-state index is 0.0424. The zero-order chi connectivity index (χ0) is 17.1. The predicted molar refractivity (Wildman–Crippen MR) is 95.6 cm³/mol. The summed E-state index contributed by atoms with van der Waals surface area (Å²) in [5.41, 5.74) is 1.40. The molecular weight excluding hydrogens is 330 g/mol. The van der Waals surface area contributed by atoms with Crippen molar-refractivity contribution >= 4 is 27.5 Å². The highest BCUT2D eigenvalue weighted by atomic mass is 32.2. The molecule has 0 radical (unpaired) electrons. The van der Waals surface area contributed by atoms with Crippen LogP contribution in [0.15, 0.2) is 29.2 Å². The number of rotatable bonds is 5. The molecule has 0 spiro atoms. The summed E-state index contributed by atoms with van der Waals surface area (Å²) in [7, 11) is -2.87. The van der Waals surface area contributed by atoms with Crippen molar-refractivity contribution in [3.63, 3.8) is 0 Å². The Labute approximate surface area is 143 Å². The Morgan fingerprint density at radius 3 is 2.43 bits per heavy atom. The standard InChI is InChI=1S/C17H25NO3S2/c1-17(2,3)14-4-6-15(7-5-14)22-11-16(19)18-10-13-8-9-23(20,21)12-13/h4-7,13H,8-12H2,1-3H3,(H,18,19). The molecule has 1 atom stereocenters. The van der Waals surface area contributed by atoms with Gasteiger partial charge in [-0.05, 0) is 35.4 Å². The Morgan fingerprint density at radius 1 is 1.26 bits per heavy atom. The monoisotopic (exact) mass is 355 g/mol. The maximum atomic E-state index is 11.9. The number of sulfone groups is 1. The summed E-state index contributed by atoms with van der Waals surface area (Å²) in [5.74, 6) is 0.838. The molecule has 6 heteroatoms. The Morgan fingerprint density at radius 2 is 1.91 bits per heavy atom. The average molecular weight is 356 g/mol. The quantitative estimate of drug-likeness (QED) is 0.825. The normalized spacial score (nSPS) is 20.4. The molecule has 2 rings (SSSR count). The SMILES string of the molecule is CC(C)(C)c1ccc(SCC(=O)NCC2CCS(=O)(=O)C2)cc1. The van der Waals surface area contributed by atoms with Gasteiger partial charge in [-0.25, -0.2) is 8.42 Å². The van der Waals surface area contributed by atoms with E-state index in [1.54, 1.807) is 0 Å². The van der Waals surface area contributed by atoms with Crippen LogP contribution in [0.3, 0.4) is 0 Å². The van der Waals surface area contributed by atoms with Crippen LogP contribution in [-0.4, -0.2) is 38.1 Å². The van der Waals surface area contributed by atoms with E-state index in [0.717, 1.165) is 4.90 Å². The topological polar surface area (TPSA) is 63.2 Å². The van der Waals surface area contributed by atoms with Gasteiger partial charge >= 0.3 is 0 Å². The number of hydrogen-bond acceptors (Lipinski definition) is 4. The summed E-state index contributed by atoms with van der Waals surface area (Å²) in [5, 5.41) is 2.84. The van der Waals surface area contributed by atoms with E-state index < -0.39 is 9.84 Å². The first-order valence-electron chi connectivity index (χ1n) is 7.86. The van der Waals surface area contributed by atoms with Crippen molar-refractivity contribution in [2.24, 2.45) is 5.92 Å². The van der Waals surface area contributed by atoms with Crippen LogP contribution < -0.4 is 5.32 Å². The highest BCUT2D eigenvalue weighted by molar-refractivity contribution is 8.00. The molecule has 1 aliphatic heterocycles. The van der Waals surface area contributed by atoms with Crippen molar-refractivity contribution in [2.45, 2.75) is 37.5 Å². The molecule has 1 aromatic rings. The van der Waals surface area contributed by atoms with E-state index in [2.05, 4.69) is 38.2 Å². The summed E-state index contributed by atoms with van der Waals surface area (Å²) in [4.78, 5) is 12.9. The van der Waals surface area contributed by atoms with Crippen molar-refractivity contribution in [1.29, 1.82) is 0 Å². The van der Waals surface area contributed by atoms with Gasteiger partial charge in [0.1, 0.15) is 0 Å². The first kappa shape index (κ1) is 18.3. The molecule has 128 valence electrons. The minimum Gasteiger partial charge on any atom is -0.355 e. The number of thioether (sulfide) groups is 1. The second-order valence-corrected chi connectivity index (χ2v) is 10.4. The van der Waals surface area contributed by atoms with E-state index in [-0.39, 0.29) is 28.7 Å². The minimum atomic E-state index is -2.87. The van der Waals surface area contributed by atoms with Crippen molar-refractivity contribution < 1.29 is 13.2 Å². The van der Waals surface area contributed by atoms with Gasteiger partial charge < -0.3 is 5.32 Å². The molecule has 1 saturated heterocycles. The molecule has 0 bridgehead atoms. The molecule has 0 saturated carbocycles. The summed E-state index contributed by atoms with van der Waals surface area (Å²) in [6, 6.07) is 8.29. The van der Waals surface area contributed by atoms with Crippen molar-refractivity contribution in [3.8, 4) is 0 Å². The van der Waals surface area contributed by atoms with E-state index in [1.807, 2.05) is 12.1 Å². The van der Waals surface area contributed by atoms with Gasteiger partial charge in [-0.3, -0.25) is 4.79 Å². The highest BCUT2D eigenvalue weighted by Crippen LogP contribution is 2.25. The Hall–Kier alpha value is -1.01. The third-order valence-corrected chi connectivity index (χ3v) is 6.85. The van der Waals surface area contributed by atoms with Gasteiger partial charge in [0.2, 0.25) is 5.91 Å². The van der Waals surface area contributed by atoms with Gasteiger partial charge in [-0.15, -0.1) is 11.8 Å². The molecule has 1 amide bonds. The first-order chi connectivity index (χ1) is 10.7. The number of amides is 1. The molecule has 1 unspecified atom stereocenters. The highest BCUT2D eigenvalue weighted by Gasteiger charge is 2.27. The van der Waals surface area contributed by atoms with E-state index >= 15 is 0 Å². The van der Waals surface area contributed by atoms with Crippen LogP contribution in [0.4, 0.5) is 0 Å². The second-order valence-electron chi connectivity index (χ2n) is 7.14. The maximum Gasteiger partial charge on any atom is 0.230 e. The Balaban J connectivity index is 1.74. The fourth-order valence-corrected chi connectivity index (χ4v) is 5.13. The molecule has 23 heavy (non-hydrogen) atoms. The lowest BCUT2D eigenvalue weighted by Gasteiger charge is -2.19. The zero-order valence-corrected chi connectivity index (χ0v) is 15.6. The molecule has 1 aliphatic rings. The lowest BCUT2D eigenvalue weighted by molar-refractivity contribution is -0.118. The van der Waals surface area contributed by atoms with Gasteiger partial charge in [0, 0.05) is 11.4 Å². The second kappa shape index (κ2) is 7.26. The van der Waals surface area contributed by atoms with Crippen molar-refractivity contribution in [3.05, 3.63) is 29.8 Å². The van der Waals surface area contributed by atoms with Crippen LogP contribution in [-0.2, 0) is 20.0 Å². The van der Waals surface area contributed by atoms with Crippen molar-refractivity contribution in [2.75, 3.05) is 23.8 Å². The van der Waals surface area contributed by atoms with Crippen LogP contribution in [0.1, 0.15) is 32.8 Å². The predicted octanol–water partition coefficient (Wildman–Crippen LogP) is 2.63. The fourth-order valence-electron chi connectivity index (χ4n) is 2.54. The number of benzene rings is 1. The molecule has 0 aliphatic carbocycles. The molecule has 1 heterocycles. The fraction of sp³-hybridized carbons (Fsp3) is 0.588. The summed E-state index contributed by atoms with van der Waals surface area (Å²) in [6.07, 6.45) is 0.657. The van der Waals surface area contributed by atoms with Crippen LogP contribution in [0.5, 0.6) is 0 Å². The van der Waals surface area contributed by atoms with E-state index in [4.69, 9.17) is 0 Å². The smallest absolute Gasteiger partial charge is 0.230 e. The Bertz CT molecular complexity index is 645. The largest absolute Gasteiger partial charge is 0.355 e. The van der Waals surface area contributed by atoms with Crippen LogP contribution in [0, 0.1) is 5.92 Å². The maximum absolute atomic E-state index is 11.9. The van der Waals surface area contributed by atoms with Crippen LogP contribution >= 0.6 is 11.8 Å². The van der Waals surface area contributed by atoms with Gasteiger partial charge in [0.05, 0.1) is 17.3 Å². The lowest BCUT2D eigenvalue weighted by Crippen LogP contribution is -2.31. The van der Waals surface area contributed by atoms with Crippen molar-refractivity contribution in [1.82, 2.24) is 5.32 Å². The molecular formula is C17H25NO3S2. The molecule has 1 fully saturated rings. The molecule has 1 N–H and O–H groups in total. The summed E-state index contributed by atoms with van der Waals surface area (Å²) in [6.45, 7) is 6.98. The summed E-state index contributed by atoms with van der Waals surface area (Å²) < 4.78 is 22.8. The number of nitrogens with one attached hydrogen (secondary N) is 1. The van der Waals surface area contributed by atoms with E-state index in [1.165, 1.54) is 17.3 Å². The van der Waals surface area contributed by atoms with Crippen LogP contribution in [0.25, 0.3) is 0 Å². The van der Waals surface area contributed by atoms with Gasteiger partial charge in [-0.1, -0.05) is 32.9 Å². The van der Waals surface area contributed by atoms with E-state index in [0.29, 0.717) is 18.7 Å². The molecule has 4 nitrogen and oxygen atoms in total. The number of carbonyl (C=O) groups excluding carboxylic acids is 1. The van der Waals surface area contributed by atoms with Crippen LogP contribution in [0.2, 0.25) is 0 Å². The summed E-state index contributed by atoms with van der Waals surface area (Å²) >= 11 is 1.50. The first-order valence-corrected chi connectivity index (χ1v) is 10.7. The molecule has 1 aromatic carbocycles. The average Bonchev–Trinajstić information content (AvgIpc) is 2.82. The number of carbonyl (C=O) groups is 1. The lowest BCUT2D eigenvalue weighted by atomic mass is 9.87. The van der Waals surface area contributed by atoms with E-state index in [9.17, 15) is 13.2 Å². The van der Waals surface area contributed by atoms with Gasteiger partial charge in [-0.2, -0.15) is 0 Å². The third-order valence-electron chi connectivity index (χ3n) is 4.00. The third kappa shape index (κ3) is 5.84. The molecule has 0 aromatic heterocycles.